The molecule has 1 aliphatic rings. The Kier molecular flexibility index (Phi) is 5.68. The van der Waals surface area contributed by atoms with E-state index in [0.717, 1.165) is 5.69 Å². The summed E-state index contributed by atoms with van der Waals surface area (Å²) in [5, 5.41) is 5.45. The van der Waals surface area contributed by atoms with Gasteiger partial charge in [0.05, 0.1) is 11.2 Å². The van der Waals surface area contributed by atoms with Crippen LogP contribution >= 0.6 is 22.9 Å². The quantitative estimate of drug-likeness (QED) is 0.463. The molecule has 2 aromatic heterocycles. The summed E-state index contributed by atoms with van der Waals surface area (Å²) in [4.78, 5) is 33.0. The second kappa shape index (κ2) is 8.76. The topological polar surface area (TPSA) is 67.2 Å². The van der Waals surface area contributed by atoms with E-state index in [2.05, 4.69) is 10.2 Å². The van der Waals surface area contributed by atoms with E-state index >= 15 is 0 Å². The summed E-state index contributed by atoms with van der Waals surface area (Å²) in [6.45, 7) is 1.28. The lowest BCUT2D eigenvalue weighted by Crippen LogP contribution is -2.41. The predicted octanol–water partition coefficient (Wildman–Crippen LogP) is 4.96. The number of hydrogen-bond donors (Lipinski definition) is 1. The van der Waals surface area contributed by atoms with Gasteiger partial charge in [0, 0.05) is 29.7 Å². The molecule has 0 unspecified atom stereocenters. The molecular weight excluding hydrogens is 444 g/mol. The van der Waals surface area contributed by atoms with E-state index in [1.807, 2.05) is 53.9 Å². The van der Waals surface area contributed by atoms with E-state index in [9.17, 15) is 9.59 Å². The van der Waals surface area contributed by atoms with Crippen molar-refractivity contribution in [3.8, 4) is 5.69 Å². The molecule has 5 rings (SSSR count). The number of hydrogen-bond acceptors (Lipinski definition) is 5. The number of carbonyl (C=O) groups excluding carboxylic acids is 1. The summed E-state index contributed by atoms with van der Waals surface area (Å²) < 4.78 is 2.33. The van der Waals surface area contributed by atoms with Gasteiger partial charge in [-0.05, 0) is 54.6 Å². The van der Waals surface area contributed by atoms with Gasteiger partial charge in [0.2, 0.25) is 11.9 Å². The number of para-hydroxylation sites is 1. The van der Waals surface area contributed by atoms with Crippen molar-refractivity contribution in [3.05, 3.63) is 81.4 Å². The predicted molar refractivity (Wildman–Crippen MR) is 130 cm³/mol. The van der Waals surface area contributed by atoms with Gasteiger partial charge in [-0.2, -0.15) is 0 Å². The third-order valence-electron chi connectivity index (χ3n) is 5.72. The number of rotatable bonds is 4. The number of amides is 1. The van der Waals surface area contributed by atoms with Gasteiger partial charge in [0.25, 0.3) is 5.56 Å². The minimum absolute atomic E-state index is 0.00591. The fraction of sp³-hybridized carbons (Fsp3) is 0.208. The number of fused-ring (bicyclic) bond motifs is 1. The Labute approximate surface area is 194 Å². The van der Waals surface area contributed by atoms with Crippen molar-refractivity contribution >= 4 is 50.7 Å². The lowest BCUT2D eigenvalue weighted by atomic mass is 9.96. The SMILES string of the molecule is O=C(Nc1cccc(Cl)c1)C1CCN(c2nc3ccsc3c(=O)n2-c2ccccc2)CC1. The first kappa shape index (κ1) is 20.7. The Morgan fingerprint density at radius 3 is 2.59 bits per heavy atom. The number of carbonyl (C=O) groups is 1. The van der Waals surface area contributed by atoms with E-state index < -0.39 is 0 Å². The molecule has 1 N–H and O–H groups in total. The van der Waals surface area contributed by atoms with Crippen LogP contribution in [0.15, 0.2) is 70.8 Å². The normalized spacial score (nSPS) is 14.6. The molecule has 1 aliphatic heterocycles. The van der Waals surface area contributed by atoms with Crippen LogP contribution in [-0.2, 0) is 4.79 Å². The van der Waals surface area contributed by atoms with Crippen molar-refractivity contribution in [2.45, 2.75) is 12.8 Å². The highest BCUT2D eigenvalue weighted by Gasteiger charge is 2.28. The second-order valence-corrected chi connectivity index (χ2v) is 9.14. The molecular formula is C24H21ClN4O2S. The number of benzene rings is 2. The molecule has 2 aromatic carbocycles. The molecule has 4 aromatic rings. The third kappa shape index (κ3) is 4.01. The van der Waals surface area contributed by atoms with Crippen LogP contribution in [0.3, 0.4) is 0 Å². The molecule has 0 saturated carbocycles. The summed E-state index contributed by atoms with van der Waals surface area (Å²) >= 11 is 7.43. The first-order chi connectivity index (χ1) is 15.6. The maximum absolute atomic E-state index is 13.3. The lowest BCUT2D eigenvalue weighted by Gasteiger charge is -2.33. The number of piperidine rings is 1. The minimum Gasteiger partial charge on any atom is -0.342 e. The molecule has 0 bridgehead atoms. The van der Waals surface area contributed by atoms with Crippen molar-refractivity contribution in [2.24, 2.45) is 5.92 Å². The van der Waals surface area contributed by atoms with Crippen LogP contribution in [0.4, 0.5) is 11.6 Å². The van der Waals surface area contributed by atoms with E-state index in [1.165, 1.54) is 11.3 Å². The van der Waals surface area contributed by atoms with Gasteiger partial charge in [-0.15, -0.1) is 11.3 Å². The Bertz CT molecular complexity index is 1330. The summed E-state index contributed by atoms with van der Waals surface area (Å²) in [7, 11) is 0. The molecule has 162 valence electrons. The number of nitrogens with zero attached hydrogens (tertiary/aromatic N) is 3. The third-order valence-corrected chi connectivity index (χ3v) is 6.84. The van der Waals surface area contributed by atoms with Crippen LogP contribution in [0.1, 0.15) is 12.8 Å². The molecule has 6 nitrogen and oxygen atoms in total. The zero-order chi connectivity index (χ0) is 22.1. The van der Waals surface area contributed by atoms with Crippen LogP contribution in [0, 0.1) is 5.92 Å². The van der Waals surface area contributed by atoms with E-state index in [4.69, 9.17) is 16.6 Å². The summed E-state index contributed by atoms with van der Waals surface area (Å²) in [5.41, 5.74) is 2.14. The van der Waals surface area contributed by atoms with Gasteiger partial charge in [-0.3, -0.25) is 9.59 Å². The van der Waals surface area contributed by atoms with Crippen LogP contribution < -0.4 is 15.8 Å². The molecule has 8 heteroatoms. The van der Waals surface area contributed by atoms with Gasteiger partial charge in [0.1, 0.15) is 4.70 Å². The second-order valence-electron chi connectivity index (χ2n) is 7.78. The van der Waals surface area contributed by atoms with E-state index in [0.29, 0.717) is 52.8 Å². The molecule has 3 heterocycles. The summed E-state index contributed by atoms with van der Waals surface area (Å²) in [6, 6.07) is 18.6. The molecule has 0 radical (unpaired) electrons. The Balaban J connectivity index is 1.39. The number of anilines is 2. The highest BCUT2D eigenvalue weighted by Crippen LogP contribution is 2.27. The van der Waals surface area contributed by atoms with Crippen molar-refractivity contribution in [2.75, 3.05) is 23.3 Å². The number of aromatic nitrogens is 2. The van der Waals surface area contributed by atoms with Crippen molar-refractivity contribution in [1.29, 1.82) is 0 Å². The monoisotopic (exact) mass is 464 g/mol. The maximum Gasteiger partial charge on any atom is 0.277 e. The smallest absolute Gasteiger partial charge is 0.277 e. The van der Waals surface area contributed by atoms with Gasteiger partial charge in [0.15, 0.2) is 0 Å². The van der Waals surface area contributed by atoms with E-state index in [-0.39, 0.29) is 17.4 Å². The fourth-order valence-electron chi connectivity index (χ4n) is 4.07. The largest absolute Gasteiger partial charge is 0.342 e. The molecule has 1 fully saturated rings. The van der Waals surface area contributed by atoms with Crippen molar-refractivity contribution in [1.82, 2.24) is 9.55 Å². The average Bonchev–Trinajstić information content (AvgIpc) is 3.29. The standard InChI is InChI=1S/C24H21ClN4O2S/c25-17-5-4-6-18(15-17)26-22(30)16-9-12-28(13-10-16)24-27-20-11-14-32-21(20)23(31)29(24)19-7-2-1-3-8-19/h1-8,11,14-16H,9-10,12-13H2,(H,26,30). The minimum atomic E-state index is -0.105. The van der Waals surface area contributed by atoms with Crippen LogP contribution in [0.2, 0.25) is 5.02 Å². The Morgan fingerprint density at radius 2 is 1.84 bits per heavy atom. The molecule has 32 heavy (non-hydrogen) atoms. The lowest BCUT2D eigenvalue weighted by molar-refractivity contribution is -0.120. The van der Waals surface area contributed by atoms with Gasteiger partial charge in [-0.25, -0.2) is 9.55 Å². The number of thiophene rings is 1. The van der Waals surface area contributed by atoms with Gasteiger partial charge < -0.3 is 10.2 Å². The average molecular weight is 465 g/mol. The van der Waals surface area contributed by atoms with E-state index in [1.54, 1.807) is 16.7 Å². The zero-order valence-electron chi connectivity index (χ0n) is 17.2. The summed E-state index contributed by atoms with van der Waals surface area (Å²) in [5.74, 6) is 0.515. The fourth-order valence-corrected chi connectivity index (χ4v) is 5.02. The molecule has 1 amide bonds. The van der Waals surface area contributed by atoms with Gasteiger partial charge >= 0.3 is 0 Å². The zero-order valence-corrected chi connectivity index (χ0v) is 18.8. The maximum atomic E-state index is 13.3. The van der Waals surface area contributed by atoms with Crippen molar-refractivity contribution < 1.29 is 4.79 Å². The van der Waals surface area contributed by atoms with Crippen molar-refractivity contribution in [3.63, 3.8) is 0 Å². The van der Waals surface area contributed by atoms with Crippen LogP contribution in [0.25, 0.3) is 15.9 Å². The number of nitrogens with one attached hydrogen (secondary N) is 1. The summed E-state index contributed by atoms with van der Waals surface area (Å²) in [6.07, 6.45) is 1.36. The first-order valence-electron chi connectivity index (χ1n) is 10.5. The molecule has 1 saturated heterocycles. The molecule has 0 aliphatic carbocycles. The first-order valence-corrected chi connectivity index (χ1v) is 11.7. The Hall–Kier alpha value is -3.16. The van der Waals surface area contributed by atoms with Crippen LogP contribution in [0.5, 0.6) is 0 Å². The highest BCUT2D eigenvalue weighted by atomic mass is 35.5. The highest BCUT2D eigenvalue weighted by molar-refractivity contribution is 7.17. The van der Waals surface area contributed by atoms with Crippen LogP contribution in [-0.4, -0.2) is 28.5 Å². The molecule has 0 spiro atoms. The number of halogens is 1. The molecule has 0 atom stereocenters. The Morgan fingerprint density at radius 1 is 1.06 bits per heavy atom. The van der Waals surface area contributed by atoms with Gasteiger partial charge in [-0.1, -0.05) is 35.9 Å².